The van der Waals surface area contributed by atoms with Crippen molar-refractivity contribution in [3.63, 3.8) is 0 Å². The average Bonchev–Trinajstić information content (AvgIpc) is 2.62. The van der Waals surface area contributed by atoms with Crippen LogP contribution in [0.2, 0.25) is 0 Å². The van der Waals surface area contributed by atoms with E-state index in [1.165, 1.54) is 64.6 Å². The second-order valence-corrected chi connectivity index (χ2v) is 7.55. The fourth-order valence-electron chi connectivity index (χ4n) is 4.10. The minimum absolute atomic E-state index is 0.792. The second kappa shape index (κ2) is 10.9. The molecule has 2 heterocycles. The summed E-state index contributed by atoms with van der Waals surface area (Å²) in [6, 6.07) is 0.792. The summed E-state index contributed by atoms with van der Waals surface area (Å²) in [7, 11) is 4.10. The van der Waals surface area contributed by atoms with Crippen molar-refractivity contribution in [2.24, 2.45) is 10.9 Å². The van der Waals surface area contributed by atoms with Gasteiger partial charge in [0.05, 0.1) is 0 Å². The van der Waals surface area contributed by atoms with E-state index in [9.17, 15) is 0 Å². The molecule has 0 aliphatic carbocycles. The summed E-state index contributed by atoms with van der Waals surface area (Å²) in [5, 5.41) is 6.99. The van der Waals surface area contributed by atoms with Gasteiger partial charge in [-0.2, -0.15) is 0 Å². The molecule has 0 amide bonds. The maximum Gasteiger partial charge on any atom is 0.191 e. The molecule has 0 radical (unpaired) electrons. The lowest BCUT2D eigenvalue weighted by molar-refractivity contribution is 0.147. The Balaban J connectivity index is 1.58. The number of hydrogen-bond acceptors (Lipinski definition) is 3. The fourth-order valence-corrected chi connectivity index (χ4v) is 4.10. The first-order valence-electron chi connectivity index (χ1n) is 10.1. The van der Waals surface area contributed by atoms with Crippen molar-refractivity contribution in [3.8, 4) is 0 Å². The van der Waals surface area contributed by atoms with E-state index in [4.69, 9.17) is 0 Å². The molecule has 2 aliphatic rings. The highest BCUT2D eigenvalue weighted by Gasteiger charge is 2.20. The fraction of sp³-hybridized carbons (Fsp3) is 0.947. The smallest absolute Gasteiger partial charge is 0.191 e. The first-order valence-corrected chi connectivity index (χ1v) is 10.1. The number of nitrogens with one attached hydrogen (secondary N) is 2. The van der Waals surface area contributed by atoms with Crippen molar-refractivity contribution in [1.82, 2.24) is 20.4 Å². The van der Waals surface area contributed by atoms with Crippen LogP contribution in [-0.4, -0.2) is 75.2 Å². The monoisotopic (exact) mass is 337 g/mol. The Hall–Kier alpha value is -0.810. The lowest BCUT2D eigenvalue weighted by atomic mass is 9.94. The molecule has 2 rings (SSSR count). The van der Waals surface area contributed by atoms with Crippen molar-refractivity contribution in [2.45, 2.75) is 57.9 Å². The number of aliphatic imine (C=N–C) groups is 1. The van der Waals surface area contributed by atoms with Gasteiger partial charge in [0.15, 0.2) is 5.96 Å². The van der Waals surface area contributed by atoms with Gasteiger partial charge >= 0.3 is 0 Å². The molecule has 0 saturated carbocycles. The lowest BCUT2D eigenvalue weighted by Gasteiger charge is -2.35. The van der Waals surface area contributed by atoms with Crippen LogP contribution < -0.4 is 10.6 Å². The van der Waals surface area contributed by atoms with Gasteiger partial charge in [-0.25, -0.2) is 0 Å². The van der Waals surface area contributed by atoms with Crippen LogP contribution in [0.3, 0.4) is 0 Å². The van der Waals surface area contributed by atoms with Crippen LogP contribution in [0.25, 0.3) is 0 Å². The first kappa shape index (κ1) is 19.5. The Bertz CT molecular complexity index is 363. The summed E-state index contributed by atoms with van der Waals surface area (Å²) in [6.07, 6.45) is 9.37. The molecule has 2 fully saturated rings. The summed E-state index contributed by atoms with van der Waals surface area (Å²) in [5.74, 6) is 1.85. The molecule has 24 heavy (non-hydrogen) atoms. The third kappa shape index (κ3) is 6.60. The minimum Gasteiger partial charge on any atom is -0.356 e. The van der Waals surface area contributed by atoms with Gasteiger partial charge in [0.25, 0.3) is 0 Å². The Morgan fingerprint density at radius 3 is 2.50 bits per heavy atom. The number of hydrogen-bond donors (Lipinski definition) is 2. The van der Waals surface area contributed by atoms with E-state index in [0.29, 0.717) is 0 Å². The van der Waals surface area contributed by atoms with E-state index in [-0.39, 0.29) is 0 Å². The highest BCUT2D eigenvalue weighted by molar-refractivity contribution is 5.79. The minimum atomic E-state index is 0.792. The summed E-state index contributed by atoms with van der Waals surface area (Å²) in [5.41, 5.74) is 0. The van der Waals surface area contributed by atoms with Crippen molar-refractivity contribution >= 4 is 5.96 Å². The maximum atomic E-state index is 4.37. The zero-order valence-electron chi connectivity index (χ0n) is 16.2. The SMILES string of the molecule is CCC1CCCCN1CCNC(=NC)NCCC1CCN(C)CC1. The van der Waals surface area contributed by atoms with Gasteiger partial charge < -0.3 is 15.5 Å². The van der Waals surface area contributed by atoms with E-state index in [1.54, 1.807) is 0 Å². The number of guanidine groups is 1. The summed E-state index contributed by atoms with van der Waals surface area (Å²) in [4.78, 5) is 9.47. The largest absolute Gasteiger partial charge is 0.356 e. The van der Waals surface area contributed by atoms with Crippen molar-refractivity contribution in [2.75, 3.05) is 53.4 Å². The third-order valence-corrected chi connectivity index (χ3v) is 5.82. The van der Waals surface area contributed by atoms with Crippen LogP contribution in [0.5, 0.6) is 0 Å². The average molecular weight is 338 g/mol. The van der Waals surface area contributed by atoms with Gasteiger partial charge in [-0.3, -0.25) is 9.89 Å². The highest BCUT2D eigenvalue weighted by Crippen LogP contribution is 2.19. The van der Waals surface area contributed by atoms with Crippen molar-refractivity contribution < 1.29 is 0 Å². The molecule has 0 aromatic rings. The Morgan fingerprint density at radius 1 is 1.04 bits per heavy atom. The van der Waals surface area contributed by atoms with Crippen LogP contribution in [0.15, 0.2) is 4.99 Å². The zero-order chi connectivity index (χ0) is 17.2. The number of piperidine rings is 2. The van der Waals surface area contributed by atoms with Gasteiger partial charge in [0.2, 0.25) is 0 Å². The number of nitrogens with zero attached hydrogens (tertiary/aromatic N) is 3. The van der Waals surface area contributed by atoms with Gasteiger partial charge in [0, 0.05) is 32.7 Å². The van der Waals surface area contributed by atoms with E-state index in [2.05, 4.69) is 39.4 Å². The molecule has 0 aromatic heterocycles. The molecule has 0 spiro atoms. The molecule has 140 valence electrons. The summed E-state index contributed by atoms with van der Waals surface area (Å²) < 4.78 is 0. The summed E-state index contributed by atoms with van der Waals surface area (Å²) in [6.45, 7) is 9.26. The second-order valence-electron chi connectivity index (χ2n) is 7.55. The van der Waals surface area contributed by atoms with Crippen LogP contribution in [-0.2, 0) is 0 Å². The van der Waals surface area contributed by atoms with E-state index in [1.807, 2.05) is 7.05 Å². The molecular formula is C19H39N5. The zero-order valence-corrected chi connectivity index (χ0v) is 16.2. The van der Waals surface area contributed by atoms with Crippen molar-refractivity contribution in [3.05, 3.63) is 0 Å². The Kier molecular flexibility index (Phi) is 8.89. The first-order chi connectivity index (χ1) is 11.7. The van der Waals surface area contributed by atoms with Crippen LogP contribution in [0, 0.1) is 5.92 Å². The molecule has 0 aromatic carbocycles. The predicted molar refractivity (Wildman–Crippen MR) is 104 cm³/mol. The number of rotatable bonds is 7. The molecular weight excluding hydrogens is 298 g/mol. The van der Waals surface area contributed by atoms with Gasteiger partial charge in [-0.15, -0.1) is 0 Å². The molecule has 5 nitrogen and oxygen atoms in total. The lowest BCUT2D eigenvalue weighted by Crippen LogP contribution is -2.46. The molecule has 1 unspecified atom stereocenters. The van der Waals surface area contributed by atoms with E-state index in [0.717, 1.165) is 37.6 Å². The van der Waals surface area contributed by atoms with E-state index < -0.39 is 0 Å². The van der Waals surface area contributed by atoms with Crippen LogP contribution >= 0.6 is 0 Å². The van der Waals surface area contributed by atoms with Gasteiger partial charge in [0.1, 0.15) is 0 Å². The maximum absolute atomic E-state index is 4.37. The molecule has 2 aliphatic heterocycles. The Labute approximate surface area is 149 Å². The van der Waals surface area contributed by atoms with Crippen molar-refractivity contribution in [1.29, 1.82) is 0 Å². The van der Waals surface area contributed by atoms with Crippen LogP contribution in [0.1, 0.15) is 51.9 Å². The quantitative estimate of drug-likeness (QED) is 0.552. The van der Waals surface area contributed by atoms with Gasteiger partial charge in [-0.05, 0) is 71.1 Å². The van der Waals surface area contributed by atoms with Crippen LogP contribution in [0.4, 0.5) is 0 Å². The Morgan fingerprint density at radius 2 is 1.79 bits per heavy atom. The standard InChI is InChI=1S/C19H39N5/c1-4-18-7-5-6-13-24(18)16-12-22-19(20-2)21-11-8-17-9-14-23(3)15-10-17/h17-18H,4-16H2,1-3H3,(H2,20,21,22). The van der Waals surface area contributed by atoms with E-state index >= 15 is 0 Å². The molecule has 1 atom stereocenters. The van der Waals surface area contributed by atoms with Gasteiger partial charge in [-0.1, -0.05) is 13.3 Å². The molecule has 5 heteroatoms. The third-order valence-electron chi connectivity index (χ3n) is 5.82. The normalized spacial score (nSPS) is 25.0. The topological polar surface area (TPSA) is 42.9 Å². The summed E-state index contributed by atoms with van der Waals surface area (Å²) >= 11 is 0. The molecule has 0 bridgehead atoms. The highest BCUT2D eigenvalue weighted by atomic mass is 15.2. The molecule has 2 saturated heterocycles. The number of likely N-dealkylation sites (tertiary alicyclic amines) is 2. The predicted octanol–water partition coefficient (Wildman–Crippen LogP) is 2.15. The molecule has 2 N–H and O–H groups in total.